The van der Waals surface area contributed by atoms with Crippen LogP contribution in [0.1, 0.15) is 5.56 Å². The van der Waals surface area contributed by atoms with Gasteiger partial charge in [0.1, 0.15) is 6.54 Å². The van der Waals surface area contributed by atoms with Gasteiger partial charge in [-0.2, -0.15) is 13.2 Å². The minimum absolute atomic E-state index is 0.242. The monoisotopic (exact) mass is 459 g/mol. The number of halogens is 3. The van der Waals surface area contributed by atoms with Crippen LogP contribution in [0.2, 0.25) is 0 Å². The fourth-order valence-electron chi connectivity index (χ4n) is 3.04. The van der Waals surface area contributed by atoms with E-state index in [2.05, 4.69) is 15.3 Å². The smallest absolute Gasteiger partial charge is 0.333 e. The standard InChI is InChI=1S/C21H16F3N5O2S/c1-28-10-9-25-19(28)18-17(13-5-3-2-4-6-13)27-20(32-18)26-15(30)12-29-11-14(21(22,23)24)7-8-16(29)31/h2-11H,12H2,1H3,(H,26,27,30). The van der Waals surface area contributed by atoms with E-state index in [1.165, 1.54) is 11.3 Å². The van der Waals surface area contributed by atoms with Crippen molar-refractivity contribution in [2.75, 3.05) is 5.32 Å². The van der Waals surface area contributed by atoms with E-state index in [4.69, 9.17) is 0 Å². The van der Waals surface area contributed by atoms with Gasteiger partial charge in [0.05, 0.1) is 16.1 Å². The fourth-order valence-corrected chi connectivity index (χ4v) is 4.08. The number of alkyl halides is 3. The number of amides is 1. The number of aromatic nitrogens is 4. The highest BCUT2D eigenvalue weighted by Gasteiger charge is 2.31. The SMILES string of the molecule is Cn1ccnc1-c1sc(NC(=O)Cn2cc(C(F)(F)F)ccc2=O)nc1-c1ccccc1. The second-order valence-corrected chi connectivity index (χ2v) is 7.85. The maximum Gasteiger partial charge on any atom is 0.417 e. The number of pyridine rings is 1. The lowest BCUT2D eigenvalue weighted by Crippen LogP contribution is -2.28. The topological polar surface area (TPSA) is 81.8 Å². The van der Waals surface area contributed by atoms with E-state index in [1.54, 1.807) is 12.4 Å². The number of nitrogens with one attached hydrogen (secondary N) is 1. The van der Waals surface area contributed by atoms with Gasteiger partial charge in [0.25, 0.3) is 5.56 Å². The second-order valence-electron chi connectivity index (χ2n) is 6.85. The largest absolute Gasteiger partial charge is 0.417 e. The normalized spacial score (nSPS) is 11.5. The maximum atomic E-state index is 12.9. The van der Waals surface area contributed by atoms with Crippen molar-refractivity contribution in [2.24, 2.45) is 7.05 Å². The Morgan fingerprint density at radius 3 is 2.56 bits per heavy atom. The molecular formula is C21H16F3N5O2S. The lowest BCUT2D eigenvalue weighted by atomic mass is 10.1. The maximum absolute atomic E-state index is 12.9. The van der Waals surface area contributed by atoms with E-state index in [9.17, 15) is 22.8 Å². The third-order valence-electron chi connectivity index (χ3n) is 4.57. The molecule has 0 spiro atoms. The van der Waals surface area contributed by atoms with E-state index in [0.29, 0.717) is 28.3 Å². The average Bonchev–Trinajstić information content (AvgIpc) is 3.35. The van der Waals surface area contributed by atoms with Crippen molar-refractivity contribution in [3.63, 3.8) is 0 Å². The van der Waals surface area contributed by atoms with Gasteiger partial charge < -0.3 is 14.5 Å². The third-order valence-corrected chi connectivity index (χ3v) is 5.54. The highest BCUT2D eigenvalue weighted by atomic mass is 32.1. The predicted molar refractivity (Wildman–Crippen MR) is 114 cm³/mol. The van der Waals surface area contributed by atoms with Crippen LogP contribution >= 0.6 is 11.3 Å². The molecule has 0 aliphatic carbocycles. The van der Waals surface area contributed by atoms with Crippen molar-refractivity contribution in [1.29, 1.82) is 0 Å². The van der Waals surface area contributed by atoms with Crippen LogP contribution in [0.15, 0.2) is 65.8 Å². The van der Waals surface area contributed by atoms with E-state index >= 15 is 0 Å². The molecule has 1 amide bonds. The molecule has 164 valence electrons. The number of carbonyl (C=O) groups is 1. The van der Waals surface area contributed by atoms with Crippen LogP contribution < -0.4 is 10.9 Å². The summed E-state index contributed by atoms with van der Waals surface area (Å²) in [5.41, 5.74) is -0.304. The van der Waals surface area contributed by atoms with Crippen LogP contribution in [0, 0.1) is 0 Å². The number of thiazole rings is 1. The Hall–Kier alpha value is -3.73. The number of rotatable bonds is 5. The Kier molecular flexibility index (Phi) is 5.66. The van der Waals surface area contributed by atoms with Gasteiger partial charge in [-0.3, -0.25) is 9.59 Å². The van der Waals surface area contributed by atoms with Crippen molar-refractivity contribution < 1.29 is 18.0 Å². The molecule has 0 atom stereocenters. The first-order chi connectivity index (χ1) is 15.2. The van der Waals surface area contributed by atoms with Gasteiger partial charge in [-0.1, -0.05) is 41.7 Å². The molecule has 0 saturated heterocycles. The van der Waals surface area contributed by atoms with Crippen LogP contribution in [0.5, 0.6) is 0 Å². The molecule has 32 heavy (non-hydrogen) atoms. The summed E-state index contributed by atoms with van der Waals surface area (Å²) in [4.78, 5) is 34.0. The van der Waals surface area contributed by atoms with Crippen LogP contribution in [0.4, 0.5) is 18.3 Å². The van der Waals surface area contributed by atoms with E-state index in [0.717, 1.165) is 16.5 Å². The van der Waals surface area contributed by atoms with Gasteiger partial charge in [0.2, 0.25) is 5.91 Å². The lowest BCUT2D eigenvalue weighted by Gasteiger charge is -2.10. The molecule has 4 rings (SSSR count). The summed E-state index contributed by atoms with van der Waals surface area (Å²) in [6, 6.07) is 10.8. The number of anilines is 1. The number of aryl methyl sites for hydroxylation is 1. The molecule has 11 heteroatoms. The van der Waals surface area contributed by atoms with E-state index < -0.39 is 29.8 Å². The molecular weight excluding hydrogens is 443 g/mol. The Balaban J connectivity index is 1.63. The van der Waals surface area contributed by atoms with E-state index in [1.807, 2.05) is 41.9 Å². The van der Waals surface area contributed by atoms with Gasteiger partial charge in [0.15, 0.2) is 11.0 Å². The zero-order valence-corrected chi connectivity index (χ0v) is 17.4. The predicted octanol–water partition coefficient (Wildman–Crippen LogP) is 4.03. The molecule has 0 bridgehead atoms. The molecule has 0 saturated carbocycles. The van der Waals surface area contributed by atoms with Gasteiger partial charge in [-0.25, -0.2) is 9.97 Å². The summed E-state index contributed by atoms with van der Waals surface area (Å²) in [5.74, 6) is -0.0258. The Morgan fingerprint density at radius 2 is 1.91 bits per heavy atom. The molecule has 7 nitrogen and oxygen atoms in total. The fraction of sp³-hybridized carbons (Fsp3) is 0.143. The minimum Gasteiger partial charge on any atom is -0.333 e. The lowest BCUT2D eigenvalue weighted by molar-refractivity contribution is -0.138. The first-order valence-electron chi connectivity index (χ1n) is 9.34. The number of benzene rings is 1. The number of hydrogen-bond acceptors (Lipinski definition) is 5. The number of carbonyl (C=O) groups excluding carboxylic acids is 1. The van der Waals surface area contributed by atoms with Gasteiger partial charge in [-0.15, -0.1) is 0 Å². The van der Waals surface area contributed by atoms with Gasteiger partial charge in [-0.05, 0) is 6.07 Å². The van der Waals surface area contributed by atoms with Crippen molar-refractivity contribution >= 4 is 22.4 Å². The van der Waals surface area contributed by atoms with Crippen LogP contribution in [-0.2, 0) is 24.6 Å². The number of imidazole rings is 1. The number of nitrogens with zero attached hydrogens (tertiary/aromatic N) is 4. The van der Waals surface area contributed by atoms with Crippen molar-refractivity contribution in [1.82, 2.24) is 19.1 Å². The summed E-state index contributed by atoms with van der Waals surface area (Å²) < 4.78 is 41.3. The first kappa shape index (κ1) is 21.5. The molecule has 0 fully saturated rings. The van der Waals surface area contributed by atoms with Crippen molar-refractivity contribution in [2.45, 2.75) is 12.7 Å². The highest BCUT2D eigenvalue weighted by Crippen LogP contribution is 2.38. The zero-order valence-electron chi connectivity index (χ0n) is 16.6. The second kappa shape index (κ2) is 8.42. The summed E-state index contributed by atoms with van der Waals surface area (Å²) in [5, 5.41) is 2.82. The van der Waals surface area contributed by atoms with Crippen LogP contribution in [-0.4, -0.2) is 25.0 Å². The van der Waals surface area contributed by atoms with Gasteiger partial charge >= 0.3 is 6.18 Å². The molecule has 3 heterocycles. The molecule has 0 unspecified atom stereocenters. The molecule has 4 aromatic rings. The Morgan fingerprint density at radius 1 is 1.16 bits per heavy atom. The molecule has 0 aliphatic heterocycles. The average molecular weight is 459 g/mol. The van der Waals surface area contributed by atoms with Gasteiger partial charge in [0, 0.05) is 37.3 Å². The molecule has 3 aromatic heterocycles. The Labute approximate surface area is 183 Å². The summed E-state index contributed by atoms with van der Waals surface area (Å²) >= 11 is 1.18. The highest BCUT2D eigenvalue weighted by molar-refractivity contribution is 7.19. The third kappa shape index (κ3) is 4.47. The summed E-state index contributed by atoms with van der Waals surface area (Å²) in [6.07, 6.45) is -0.578. The molecule has 1 N–H and O–H groups in total. The summed E-state index contributed by atoms with van der Waals surface area (Å²) in [7, 11) is 1.83. The van der Waals surface area contributed by atoms with E-state index in [-0.39, 0.29) is 5.13 Å². The molecule has 1 aromatic carbocycles. The molecule has 0 radical (unpaired) electrons. The van der Waals surface area contributed by atoms with Crippen LogP contribution in [0.3, 0.4) is 0 Å². The number of hydrogen-bond donors (Lipinski definition) is 1. The van der Waals surface area contributed by atoms with Crippen molar-refractivity contribution in [3.8, 4) is 22.0 Å². The zero-order chi connectivity index (χ0) is 22.9. The first-order valence-corrected chi connectivity index (χ1v) is 10.2. The van der Waals surface area contributed by atoms with Crippen molar-refractivity contribution in [3.05, 3.63) is 77.0 Å². The molecule has 0 aliphatic rings. The van der Waals surface area contributed by atoms with Crippen LogP contribution in [0.25, 0.3) is 22.0 Å². The quantitative estimate of drug-likeness (QED) is 0.489. The minimum atomic E-state index is -4.62. The Bertz CT molecular complexity index is 1330. The summed E-state index contributed by atoms with van der Waals surface area (Å²) in [6.45, 7) is -0.583.